The van der Waals surface area contributed by atoms with E-state index in [2.05, 4.69) is 4.74 Å². The van der Waals surface area contributed by atoms with E-state index in [1.54, 1.807) is 27.7 Å². The fraction of sp³-hybridized carbons (Fsp3) is 0.875. The zero-order chi connectivity index (χ0) is 34.1. The number of ether oxygens (including phenoxy) is 1. The number of aliphatic hydroxyl groups excluding tert-OH is 3. The van der Waals surface area contributed by atoms with Crippen LogP contribution in [0.3, 0.4) is 0 Å². The fourth-order valence-electron chi connectivity index (χ4n) is 5.06. The summed E-state index contributed by atoms with van der Waals surface area (Å²) in [6.45, 7) is 6.74. The minimum Gasteiger partial charge on any atom is -0.479 e. The molecule has 0 aliphatic heterocycles. The average molecular weight is 599 g/mol. The summed E-state index contributed by atoms with van der Waals surface area (Å²) in [7, 11) is 27.0. The number of ketones is 1. The van der Waals surface area contributed by atoms with E-state index >= 15 is 0 Å². The van der Waals surface area contributed by atoms with Crippen LogP contribution in [0.5, 0.6) is 0 Å². The zero-order valence-electron chi connectivity index (χ0n) is 25.6. The quantitative estimate of drug-likeness (QED) is 0.208. The van der Waals surface area contributed by atoms with E-state index in [0.717, 1.165) is 0 Å². The number of esters is 1. The number of rotatable bonds is 9. The number of alkyl halides is 3. The minimum absolute atomic E-state index is 0.153. The lowest BCUT2D eigenvalue weighted by molar-refractivity contribution is -0.165. The van der Waals surface area contributed by atoms with Crippen LogP contribution in [0.1, 0.15) is 72.6 Å². The lowest BCUT2D eigenvalue weighted by atomic mass is 8.68. The van der Waals surface area contributed by atoms with Crippen LogP contribution in [0.2, 0.25) is 0 Å². The van der Waals surface area contributed by atoms with Gasteiger partial charge in [-0.05, 0) is 38.5 Å². The Kier molecular flexibility index (Phi) is 17.0. The number of aliphatic carboxylic acids is 1. The van der Waals surface area contributed by atoms with Gasteiger partial charge in [0, 0.05) is 80.5 Å². The van der Waals surface area contributed by atoms with Gasteiger partial charge in [0.05, 0.1) is 7.11 Å². The number of hydrogen-bond donors (Lipinski definition) is 4. The van der Waals surface area contributed by atoms with Crippen molar-refractivity contribution in [1.82, 2.24) is 0 Å². The van der Waals surface area contributed by atoms with Gasteiger partial charge in [-0.2, -0.15) is 0 Å². The van der Waals surface area contributed by atoms with Crippen molar-refractivity contribution in [3.05, 3.63) is 0 Å². The fourth-order valence-corrected chi connectivity index (χ4v) is 5.06. The molecule has 43 heavy (non-hydrogen) atoms. The summed E-state index contributed by atoms with van der Waals surface area (Å²) in [5.74, 6) is -2.12. The van der Waals surface area contributed by atoms with Gasteiger partial charge in [-0.25, -0.2) is 22.8 Å². The standard InChI is InChI=1S/C9H15FO2.C8H13FO3.C7H11FO3.B8/c1-3-7(11)8(12)9(2)4-6(10)5-9;1-8(3-5(9)4-8)6(10)7(11)12-2;1-7(2-4(8)3-7)5(9)6(10)11;1-6(2)8(5)7(3)4/h6,8,12H,3-5H2,1-2H3;5-6,10H,3-4H2,1-2H3;4-5,9H,2-3H2,1H3,(H,10,11);. The number of carbonyl (C=O) groups excluding carboxylic acids is 2. The van der Waals surface area contributed by atoms with E-state index in [0.29, 0.717) is 19.3 Å². The second-order valence-electron chi connectivity index (χ2n) is 12.6. The van der Waals surface area contributed by atoms with Gasteiger partial charge >= 0.3 is 11.9 Å². The predicted octanol–water partition coefficient (Wildman–Crippen LogP) is -0.353. The number of carboxylic acid groups (broad SMARTS) is 1. The topological polar surface area (TPSA) is 141 Å². The molecule has 4 N–H and O–H groups in total. The largest absolute Gasteiger partial charge is 0.479 e. The van der Waals surface area contributed by atoms with Crippen LogP contribution < -0.4 is 0 Å². The maximum absolute atomic E-state index is 12.5. The Hall–Kier alpha value is -1.20. The molecule has 0 saturated heterocycles. The molecule has 0 aromatic rings. The van der Waals surface area contributed by atoms with Gasteiger partial charge in [-0.3, -0.25) is 4.79 Å². The van der Waals surface area contributed by atoms with Crippen molar-refractivity contribution in [3.63, 3.8) is 0 Å². The highest BCUT2D eigenvalue weighted by atomic mass is 19.1. The van der Waals surface area contributed by atoms with E-state index in [-0.39, 0.29) is 31.5 Å². The predicted molar refractivity (Wildman–Crippen MR) is 166 cm³/mol. The van der Waals surface area contributed by atoms with Crippen LogP contribution in [-0.2, 0) is 19.1 Å². The number of methoxy groups -OCH3 is 1. The molecule has 19 heteroatoms. The SMILES string of the molecule is CC1(C(O)C(=O)O)CC(F)C1.CCC(=O)C(O)C1(C)CC(F)C1.COC(=O)C(O)C1(C)CC(F)C1.[B]B([B])B([B])B([B])[B]. The van der Waals surface area contributed by atoms with Crippen molar-refractivity contribution >= 4 is 75.6 Å². The second-order valence-corrected chi connectivity index (χ2v) is 12.6. The Morgan fingerprint density at radius 1 is 0.744 bits per heavy atom. The summed E-state index contributed by atoms with van der Waals surface area (Å²) < 4.78 is 41.7. The van der Waals surface area contributed by atoms with Crippen LogP contribution >= 0.6 is 0 Å². The molecule has 228 valence electrons. The van der Waals surface area contributed by atoms with Gasteiger partial charge in [-0.1, -0.05) is 27.7 Å². The first kappa shape index (κ1) is 41.8. The smallest absolute Gasteiger partial charge is 0.335 e. The Labute approximate surface area is 261 Å². The first-order chi connectivity index (χ1) is 19.5. The van der Waals surface area contributed by atoms with Crippen LogP contribution in [0, 0.1) is 16.2 Å². The Morgan fingerprint density at radius 2 is 1.05 bits per heavy atom. The summed E-state index contributed by atoms with van der Waals surface area (Å²) in [4.78, 5) is 32.2. The molecule has 3 fully saturated rings. The van der Waals surface area contributed by atoms with Crippen molar-refractivity contribution in [2.45, 2.75) is 109 Å². The van der Waals surface area contributed by atoms with Gasteiger partial charge in [0.25, 0.3) is 0 Å². The third-order valence-electron chi connectivity index (χ3n) is 8.31. The molecular formula is C24H39B8F3O8. The number of hydrogen-bond acceptors (Lipinski definition) is 7. The monoisotopic (exact) mass is 600 g/mol. The molecular weight excluding hydrogens is 560 g/mol. The third-order valence-corrected chi connectivity index (χ3v) is 8.31. The number of carbonyl (C=O) groups is 3. The first-order valence-electron chi connectivity index (χ1n) is 14.1. The maximum Gasteiger partial charge on any atom is 0.335 e. The summed E-state index contributed by atoms with van der Waals surface area (Å²) in [6, 6.07) is 0. The van der Waals surface area contributed by atoms with E-state index in [1.807, 2.05) is 0 Å². The van der Waals surface area contributed by atoms with E-state index < -0.39 is 84.2 Å². The second kappa shape index (κ2) is 17.5. The molecule has 0 amide bonds. The van der Waals surface area contributed by atoms with Gasteiger partial charge in [0.1, 0.15) is 24.6 Å². The molecule has 3 unspecified atom stereocenters. The minimum atomic E-state index is -1.42. The summed E-state index contributed by atoms with van der Waals surface area (Å²) in [5.41, 5.74) is -1.86. The van der Waals surface area contributed by atoms with Gasteiger partial charge in [0.2, 0.25) is 0 Å². The lowest BCUT2D eigenvalue weighted by Gasteiger charge is -2.43. The molecule has 0 spiro atoms. The number of aliphatic hydroxyl groups is 3. The highest BCUT2D eigenvalue weighted by Gasteiger charge is 2.50. The van der Waals surface area contributed by atoms with E-state index in [4.69, 9.17) is 48.9 Å². The van der Waals surface area contributed by atoms with Gasteiger partial charge in [-0.15, -0.1) is 0 Å². The first-order valence-corrected chi connectivity index (χ1v) is 14.1. The van der Waals surface area contributed by atoms with Crippen LogP contribution in [-0.4, -0.2) is 140 Å². The highest BCUT2D eigenvalue weighted by Crippen LogP contribution is 2.47. The molecule has 8 nitrogen and oxygen atoms in total. The van der Waals surface area contributed by atoms with Crippen molar-refractivity contribution in [2.24, 2.45) is 16.2 Å². The summed E-state index contributed by atoms with van der Waals surface area (Å²) in [5, 5.41) is 36.3. The third kappa shape index (κ3) is 12.3. The van der Waals surface area contributed by atoms with Crippen molar-refractivity contribution in [3.8, 4) is 0 Å². The van der Waals surface area contributed by atoms with Crippen LogP contribution in [0.25, 0.3) is 0 Å². The molecule has 0 bridgehead atoms. The lowest BCUT2D eigenvalue weighted by Crippen LogP contribution is -2.52. The van der Waals surface area contributed by atoms with Crippen molar-refractivity contribution < 1.29 is 52.7 Å². The molecule has 3 saturated carbocycles. The molecule has 0 heterocycles. The van der Waals surface area contributed by atoms with Crippen molar-refractivity contribution in [1.29, 1.82) is 0 Å². The van der Waals surface area contributed by atoms with Gasteiger partial charge in [0.15, 0.2) is 18.0 Å². The number of carboxylic acids is 1. The van der Waals surface area contributed by atoms with E-state index in [1.165, 1.54) is 7.11 Å². The Balaban J connectivity index is 0.000000554. The Morgan fingerprint density at radius 3 is 1.26 bits per heavy atom. The molecule has 0 aromatic carbocycles. The maximum atomic E-state index is 12.5. The number of Topliss-reactive ketones (excluding diaryl/α,β-unsaturated/α-hetero) is 1. The number of halogens is 3. The molecule has 0 aromatic heterocycles. The molecule has 3 atom stereocenters. The molecule has 3 aliphatic carbocycles. The molecule has 3 aliphatic rings. The summed E-state index contributed by atoms with van der Waals surface area (Å²) >= 11 is 0. The van der Waals surface area contributed by atoms with Gasteiger partial charge < -0.3 is 25.2 Å². The molecule has 10 radical (unpaired) electrons. The van der Waals surface area contributed by atoms with E-state index in [9.17, 15) is 37.8 Å². The van der Waals surface area contributed by atoms with Crippen LogP contribution in [0.15, 0.2) is 0 Å². The Bertz CT molecular complexity index is 854. The van der Waals surface area contributed by atoms with Crippen molar-refractivity contribution in [2.75, 3.05) is 7.11 Å². The highest BCUT2D eigenvalue weighted by molar-refractivity contribution is 7.89. The summed E-state index contributed by atoms with van der Waals surface area (Å²) in [6.07, 6.45) is -6.24. The average Bonchev–Trinajstić information content (AvgIpc) is 2.88. The normalized spacial score (nSPS) is 32.2. The zero-order valence-corrected chi connectivity index (χ0v) is 25.6. The molecule has 3 rings (SSSR count). The van der Waals surface area contributed by atoms with Crippen LogP contribution in [0.4, 0.5) is 13.2 Å².